The number of carbonyl (C=O) groups excluding carboxylic acids is 1. The maximum Gasteiger partial charge on any atom is 0.139 e. The van der Waals surface area contributed by atoms with Crippen molar-refractivity contribution in [2.75, 3.05) is 6.54 Å². The van der Waals surface area contributed by atoms with Crippen LogP contribution in [0, 0.1) is 23.7 Å². The summed E-state index contributed by atoms with van der Waals surface area (Å²) < 4.78 is 0. The molecule has 2 fully saturated rings. The quantitative estimate of drug-likeness (QED) is 0.816. The van der Waals surface area contributed by atoms with Crippen molar-refractivity contribution < 1.29 is 4.79 Å². The zero-order chi connectivity index (χ0) is 12.3. The van der Waals surface area contributed by atoms with Crippen LogP contribution < -0.4 is 5.73 Å². The standard InChI is InChI=1S/C15H27NO/c1-2-11-6-3-4-8-13(11)15(17)14-9-5-7-12(14)10-16/h11-14H,2-10,16H2,1H3. The Hall–Kier alpha value is -0.370. The van der Waals surface area contributed by atoms with E-state index in [2.05, 4.69) is 6.92 Å². The van der Waals surface area contributed by atoms with Crippen LogP contribution in [0.1, 0.15) is 58.3 Å². The second-order valence-corrected chi connectivity index (χ2v) is 5.99. The first kappa shape index (κ1) is 13.1. The molecule has 2 aliphatic carbocycles. The zero-order valence-electron chi connectivity index (χ0n) is 11.2. The monoisotopic (exact) mass is 237 g/mol. The molecule has 0 radical (unpaired) electrons. The zero-order valence-corrected chi connectivity index (χ0v) is 11.2. The van der Waals surface area contributed by atoms with Gasteiger partial charge in [-0.2, -0.15) is 0 Å². The Balaban J connectivity index is 2.02. The molecule has 0 aliphatic heterocycles. The first-order valence-electron chi connectivity index (χ1n) is 7.51. The van der Waals surface area contributed by atoms with E-state index in [9.17, 15) is 4.79 Å². The lowest BCUT2D eigenvalue weighted by molar-refractivity contribution is -0.130. The fourth-order valence-corrected chi connectivity index (χ4v) is 4.04. The third-order valence-corrected chi connectivity index (χ3v) is 5.13. The van der Waals surface area contributed by atoms with Gasteiger partial charge < -0.3 is 5.73 Å². The SMILES string of the molecule is CCC1CCCCC1C(=O)C1CCCC1CN. The summed E-state index contributed by atoms with van der Waals surface area (Å²) in [6.45, 7) is 2.95. The Morgan fingerprint density at radius 2 is 1.59 bits per heavy atom. The van der Waals surface area contributed by atoms with Crippen LogP contribution in [0.3, 0.4) is 0 Å². The van der Waals surface area contributed by atoms with Crippen LogP contribution in [0.25, 0.3) is 0 Å². The third-order valence-electron chi connectivity index (χ3n) is 5.13. The molecule has 0 aromatic rings. The van der Waals surface area contributed by atoms with E-state index in [-0.39, 0.29) is 0 Å². The lowest BCUT2D eigenvalue weighted by atomic mass is 9.71. The third kappa shape index (κ3) is 2.73. The molecule has 0 heterocycles. The summed E-state index contributed by atoms with van der Waals surface area (Å²) in [6, 6.07) is 0. The van der Waals surface area contributed by atoms with Crippen molar-refractivity contribution >= 4 is 5.78 Å². The molecule has 2 nitrogen and oxygen atoms in total. The summed E-state index contributed by atoms with van der Waals surface area (Å²) in [7, 11) is 0. The average Bonchev–Trinajstić information content (AvgIpc) is 2.86. The molecule has 4 atom stereocenters. The van der Waals surface area contributed by atoms with Gasteiger partial charge in [-0.05, 0) is 44.1 Å². The highest BCUT2D eigenvalue weighted by atomic mass is 16.1. The van der Waals surface area contributed by atoms with Crippen molar-refractivity contribution in [3.05, 3.63) is 0 Å². The van der Waals surface area contributed by atoms with E-state index in [1.807, 2.05) is 0 Å². The average molecular weight is 237 g/mol. The van der Waals surface area contributed by atoms with Gasteiger partial charge in [0.2, 0.25) is 0 Å². The van der Waals surface area contributed by atoms with Gasteiger partial charge in [0.05, 0.1) is 0 Å². The molecule has 0 spiro atoms. The number of hydrogen-bond acceptors (Lipinski definition) is 2. The number of carbonyl (C=O) groups is 1. The van der Waals surface area contributed by atoms with Crippen LogP contribution in [0.4, 0.5) is 0 Å². The molecule has 17 heavy (non-hydrogen) atoms. The summed E-state index contributed by atoms with van der Waals surface area (Å²) in [5.41, 5.74) is 5.81. The maximum atomic E-state index is 12.7. The fraction of sp³-hybridized carbons (Fsp3) is 0.933. The van der Waals surface area contributed by atoms with Crippen molar-refractivity contribution in [1.29, 1.82) is 0 Å². The van der Waals surface area contributed by atoms with Gasteiger partial charge in [0.1, 0.15) is 5.78 Å². The van der Waals surface area contributed by atoms with Crippen molar-refractivity contribution in [2.24, 2.45) is 29.4 Å². The lowest BCUT2D eigenvalue weighted by Gasteiger charge is -2.32. The summed E-state index contributed by atoms with van der Waals surface area (Å²) in [4.78, 5) is 12.7. The molecule has 0 aromatic carbocycles. The van der Waals surface area contributed by atoms with Gasteiger partial charge in [-0.3, -0.25) is 4.79 Å². The van der Waals surface area contributed by atoms with Crippen molar-refractivity contribution in [3.63, 3.8) is 0 Å². The highest BCUT2D eigenvalue weighted by Gasteiger charge is 2.38. The highest BCUT2D eigenvalue weighted by molar-refractivity contribution is 5.84. The van der Waals surface area contributed by atoms with Crippen LogP contribution in [-0.4, -0.2) is 12.3 Å². The van der Waals surface area contributed by atoms with Crippen LogP contribution in [0.2, 0.25) is 0 Å². The maximum absolute atomic E-state index is 12.7. The molecule has 0 saturated heterocycles. The van der Waals surface area contributed by atoms with Gasteiger partial charge in [0.15, 0.2) is 0 Å². The van der Waals surface area contributed by atoms with E-state index in [4.69, 9.17) is 5.73 Å². The first-order chi connectivity index (χ1) is 8.27. The smallest absolute Gasteiger partial charge is 0.139 e. The van der Waals surface area contributed by atoms with Crippen molar-refractivity contribution in [2.45, 2.75) is 58.3 Å². The van der Waals surface area contributed by atoms with E-state index in [0.717, 1.165) is 12.8 Å². The van der Waals surface area contributed by atoms with E-state index in [0.29, 0.717) is 36.0 Å². The molecule has 0 bridgehead atoms. The number of nitrogens with two attached hydrogens (primary N) is 1. The molecular weight excluding hydrogens is 210 g/mol. The molecule has 2 saturated carbocycles. The summed E-state index contributed by atoms with van der Waals surface area (Å²) in [5.74, 6) is 2.39. The van der Waals surface area contributed by atoms with Gasteiger partial charge in [0, 0.05) is 11.8 Å². The number of rotatable bonds is 4. The molecular formula is C15H27NO. The van der Waals surface area contributed by atoms with Gasteiger partial charge >= 0.3 is 0 Å². The minimum Gasteiger partial charge on any atom is -0.330 e. The van der Waals surface area contributed by atoms with E-state index in [1.165, 1.54) is 38.5 Å². The number of Topliss-reactive ketones (excluding diaryl/α,β-unsaturated/α-hetero) is 1. The van der Waals surface area contributed by atoms with Crippen LogP contribution >= 0.6 is 0 Å². The number of hydrogen-bond donors (Lipinski definition) is 1. The topological polar surface area (TPSA) is 43.1 Å². The van der Waals surface area contributed by atoms with Crippen molar-refractivity contribution in [3.8, 4) is 0 Å². The Labute approximate surface area is 105 Å². The van der Waals surface area contributed by atoms with Crippen molar-refractivity contribution in [1.82, 2.24) is 0 Å². The molecule has 4 unspecified atom stereocenters. The minimum absolute atomic E-state index is 0.303. The predicted octanol–water partition coefficient (Wildman–Crippen LogP) is 3.15. The van der Waals surface area contributed by atoms with E-state index >= 15 is 0 Å². The Morgan fingerprint density at radius 1 is 1.00 bits per heavy atom. The van der Waals surface area contributed by atoms with E-state index in [1.54, 1.807) is 0 Å². The Morgan fingerprint density at radius 3 is 2.29 bits per heavy atom. The lowest BCUT2D eigenvalue weighted by Crippen LogP contribution is -2.35. The van der Waals surface area contributed by atoms with Gasteiger partial charge in [-0.25, -0.2) is 0 Å². The van der Waals surface area contributed by atoms with E-state index < -0.39 is 0 Å². The van der Waals surface area contributed by atoms with Crippen LogP contribution in [0.5, 0.6) is 0 Å². The molecule has 0 amide bonds. The predicted molar refractivity (Wildman–Crippen MR) is 70.6 cm³/mol. The fourth-order valence-electron chi connectivity index (χ4n) is 4.04. The second kappa shape index (κ2) is 5.99. The molecule has 0 aromatic heterocycles. The van der Waals surface area contributed by atoms with Gasteiger partial charge in [-0.15, -0.1) is 0 Å². The molecule has 2 heteroatoms. The summed E-state index contributed by atoms with van der Waals surface area (Å²) in [5, 5.41) is 0. The number of ketones is 1. The molecule has 98 valence electrons. The normalized spacial score (nSPS) is 38.2. The summed E-state index contributed by atoms with van der Waals surface area (Å²) >= 11 is 0. The Bertz CT molecular complexity index is 264. The van der Waals surface area contributed by atoms with Crippen LogP contribution in [-0.2, 0) is 4.79 Å². The van der Waals surface area contributed by atoms with Gasteiger partial charge in [-0.1, -0.05) is 32.6 Å². The molecule has 2 N–H and O–H groups in total. The Kier molecular flexibility index (Phi) is 4.61. The molecule has 2 aliphatic rings. The minimum atomic E-state index is 0.303. The highest BCUT2D eigenvalue weighted by Crippen LogP contribution is 2.40. The molecule has 2 rings (SSSR count). The largest absolute Gasteiger partial charge is 0.330 e. The second-order valence-electron chi connectivity index (χ2n) is 5.99. The first-order valence-corrected chi connectivity index (χ1v) is 7.51. The van der Waals surface area contributed by atoms with Gasteiger partial charge in [0.25, 0.3) is 0 Å². The van der Waals surface area contributed by atoms with Crippen LogP contribution in [0.15, 0.2) is 0 Å². The summed E-state index contributed by atoms with van der Waals surface area (Å²) in [6.07, 6.45) is 9.67.